The summed E-state index contributed by atoms with van der Waals surface area (Å²) in [5.74, 6) is 0.480. The third-order valence-corrected chi connectivity index (χ3v) is 3.47. The molecule has 1 atom stereocenters. The normalized spacial score (nSPS) is 16.6. The summed E-state index contributed by atoms with van der Waals surface area (Å²) < 4.78 is 5.58. The van der Waals surface area contributed by atoms with Gasteiger partial charge in [-0.05, 0) is 31.5 Å². The molecule has 0 radical (unpaired) electrons. The molecule has 3 amide bonds. The predicted molar refractivity (Wildman–Crippen MR) is 78.8 cm³/mol. The SMILES string of the molecule is CCOc1ccc(C(C)N)cc1CN1C(=O)CN(C)C1=O. The number of hydrogen-bond acceptors (Lipinski definition) is 4. The van der Waals surface area contributed by atoms with Crippen molar-refractivity contribution in [2.45, 2.75) is 26.4 Å². The highest BCUT2D eigenvalue weighted by molar-refractivity contribution is 6.01. The highest BCUT2D eigenvalue weighted by Gasteiger charge is 2.34. The van der Waals surface area contributed by atoms with E-state index in [0.29, 0.717) is 12.4 Å². The molecule has 1 unspecified atom stereocenters. The molecule has 1 fully saturated rings. The van der Waals surface area contributed by atoms with Crippen molar-refractivity contribution in [2.24, 2.45) is 5.73 Å². The molecule has 0 bridgehead atoms. The highest BCUT2D eigenvalue weighted by atomic mass is 16.5. The van der Waals surface area contributed by atoms with Gasteiger partial charge in [-0.2, -0.15) is 0 Å². The van der Waals surface area contributed by atoms with Gasteiger partial charge in [-0.25, -0.2) is 4.79 Å². The molecule has 0 saturated carbocycles. The number of ether oxygens (including phenoxy) is 1. The molecule has 0 spiro atoms. The highest BCUT2D eigenvalue weighted by Crippen LogP contribution is 2.25. The van der Waals surface area contributed by atoms with E-state index >= 15 is 0 Å². The predicted octanol–water partition coefficient (Wildman–Crippen LogP) is 1.50. The molecule has 1 saturated heterocycles. The van der Waals surface area contributed by atoms with Crippen molar-refractivity contribution in [3.8, 4) is 5.75 Å². The standard InChI is InChI=1S/C15H21N3O3/c1-4-21-13-6-5-11(10(2)16)7-12(13)8-18-14(19)9-17(3)15(18)20/h5-7,10H,4,8-9,16H2,1-3H3. The number of amides is 3. The van der Waals surface area contributed by atoms with E-state index in [-0.39, 0.29) is 31.1 Å². The lowest BCUT2D eigenvalue weighted by Gasteiger charge is -2.18. The van der Waals surface area contributed by atoms with E-state index in [1.54, 1.807) is 7.05 Å². The van der Waals surface area contributed by atoms with Gasteiger partial charge in [0.25, 0.3) is 5.91 Å². The second-order valence-electron chi connectivity index (χ2n) is 5.21. The van der Waals surface area contributed by atoms with Crippen molar-refractivity contribution in [1.82, 2.24) is 9.80 Å². The summed E-state index contributed by atoms with van der Waals surface area (Å²) >= 11 is 0. The van der Waals surface area contributed by atoms with E-state index in [2.05, 4.69) is 0 Å². The molecule has 0 aromatic heterocycles. The maximum absolute atomic E-state index is 12.0. The van der Waals surface area contributed by atoms with E-state index in [1.807, 2.05) is 32.0 Å². The van der Waals surface area contributed by atoms with Crippen LogP contribution in [0, 0.1) is 0 Å². The number of urea groups is 1. The number of nitrogens with two attached hydrogens (primary N) is 1. The molecule has 21 heavy (non-hydrogen) atoms. The van der Waals surface area contributed by atoms with E-state index in [1.165, 1.54) is 9.80 Å². The second kappa shape index (κ2) is 6.13. The lowest BCUT2D eigenvalue weighted by molar-refractivity contribution is -0.125. The Hall–Kier alpha value is -2.08. The molecule has 2 rings (SSSR count). The summed E-state index contributed by atoms with van der Waals surface area (Å²) in [6, 6.07) is 5.24. The smallest absolute Gasteiger partial charge is 0.327 e. The second-order valence-corrected chi connectivity index (χ2v) is 5.21. The van der Waals surface area contributed by atoms with Crippen LogP contribution >= 0.6 is 0 Å². The van der Waals surface area contributed by atoms with Gasteiger partial charge in [0.2, 0.25) is 0 Å². The average Bonchev–Trinajstić information content (AvgIpc) is 2.67. The molecule has 6 heteroatoms. The summed E-state index contributed by atoms with van der Waals surface area (Å²) in [5, 5.41) is 0. The molecule has 1 heterocycles. The fourth-order valence-electron chi connectivity index (χ4n) is 2.30. The molecule has 1 aliphatic heterocycles. The van der Waals surface area contributed by atoms with Gasteiger partial charge >= 0.3 is 6.03 Å². The topological polar surface area (TPSA) is 75.9 Å². The van der Waals surface area contributed by atoms with Crippen LogP contribution in [-0.2, 0) is 11.3 Å². The number of hydrogen-bond donors (Lipinski definition) is 1. The molecule has 114 valence electrons. The van der Waals surface area contributed by atoms with Gasteiger partial charge < -0.3 is 15.4 Å². The minimum absolute atomic E-state index is 0.118. The number of rotatable bonds is 5. The number of imide groups is 1. The zero-order valence-corrected chi connectivity index (χ0v) is 12.6. The third kappa shape index (κ3) is 3.16. The molecule has 1 aliphatic rings. The van der Waals surface area contributed by atoms with Crippen molar-refractivity contribution in [3.63, 3.8) is 0 Å². The zero-order valence-electron chi connectivity index (χ0n) is 12.6. The Bertz CT molecular complexity index is 557. The first kappa shape index (κ1) is 15.3. The fraction of sp³-hybridized carbons (Fsp3) is 0.467. The van der Waals surface area contributed by atoms with Crippen LogP contribution in [0.3, 0.4) is 0 Å². The van der Waals surface area contributed by atoms with E-state index in [4.69, 9.17) is 10.5 Å². The van der Waals surface area contributed by atoms with E-state index in [9.17, 15) is 9.59 Å². The van der Waals surface area contributed by atoms with Gasteiger partial charge in [-0.1, -0.05) is 6.07 Å². The summed E-state index contributed by atoms with van der Waals surface area (Å²) in [7, 11) is 1.61. The summed E-state index contributed by atoms with van der Waals surface area (Å²) in [4.78, 5) is 26.5. The Morgan fingerprint density at radius 3 is 2.62 bits per heavy atom. The largest absolute Gasteiger partial charge is 0.494 e. The third-order valence-electron chi connectivity index (χ3n) is 3.47. The number of carbonyl (C=O) groups excluding carboxylic acids is 2. The van der Waals surface area contributed by atoms with Crippen molar-refractivity contribution in [1.29, 1.82) is 0 Å². The van der Waals surface area contributed by atoms with E-state index in [0.717, 1.165) is 11.1 Å². The van der Waals surface area contributed by atoms with Gasteiger partial charge in [0.1, 0.15) is 12.3 Å². The van der Waals surface area contributed by atoms with Gasteiger partial charge in [-0.3, -0.25) is 9.69 Å². The number of nitrogens with zero attached hydrogens (tertiary/aromatic N) is 2. The van der Waals surface area contributed by atoms with Gasteiger partial charge in [0, 0.05) is 18.7 Å². The number of benzene rings is 1. The first-order valence-corrected chi connectivity index (χ1v) is 7.00. The minimum Gasteiger partial charge on any atom is -0.494 e. The first-order valence-electron chi connectivity index (χ1n) is 7.00. The van der Waals surface area contributed by atoms with Crippen LogP contribution in [0.2, 0.25) is 0 Å². The minimum atomic E-state index is -0.284. The lowest BCUT2D eigenvalue weighted by atomic mass is 10.0. The van der Waals surface area contributed by atoms with Gasteiger partial charge in [0.15, 0.2) is 0 Å². The summed E-state index contributed by atoms with van der Waals surface area (Å²) in [6.45, 7) is 4.63. The van der Waals surface area contributed by atoms with Crippen LogP contribution in [0.15, 0.2) is 18.2 Å². The van der Waals surface area contributed by atoms with Crippen LogP contribution in [0.1, 0.15) is 31.0 Å². The Morgan fingerprint density at radius 1 is 1.38 bits per heavy atom. The summed E-state index contributed by atoms with van der Waals surface area (Å²) in [6.07, 6.45) is 0. The monoisotopic (exact) mass is 291 g/mol. The zero-order chi connectivity index (χ0) is 15.6. The fourth-order valence-corrected chi connectivity index (χ4v) is 2.30. The molecule has 1 aromatic rings. The van der Waals surface area contributed by atoms with Crippen LogP contribution in [0.25, 0.3) is 0 Å². The van der Waals surface area contributed by atoms with Crippen molar-refractivity contribution < 1.29 is 14.3 Å². The maximum atomic E-state index is 12.0. The van der Waals surface area contributed by atoms with Crippen molar-refractivity contribution in [3.05, 3.63) is 29.3 Å². The summed E-state index contributed by atoms with van der Waals surface area (Å²) in [5.41, 5.74) is 7.64. The molecule has 0 aliphatic carbocycles. The molecule has 2 N–H and O–H groups in total. The molecule has 6 nitrogen and oxygen atoms in total. The Balaban J connectivity index is 2.30. The van der Waals surface area contributed by atoms with Crippen molar-refractivity contribution in [2.75, 3.05) is 20.2 Å². The first-order chi connectivity index (χ1) is 9.93. The Kier molecular flexibility index (Phi) is 4.47. The quantitative estimate of drug-likeness (QED) is 0.834. The average molecular weight is 291 g/mol. The van der Waals surface area contributed by atoms with E-state index < -0.39 is 0 Å². The van der Waals surface area contributed by atoms with Crippen molar-refractivity contribution >= 4 is 11.9 Å². The molecule has 1 aromatic carbocycles. The van der Waals surface area contributed by atoms with Crippen LogP contribution in [0.5, 0.6) is 5.75 Å². The molecular weight excluding hydrogens is 270 g/mol. The molecular formula is C15H21N3O3. The number of likely N-dealkylation sites (N-methyl/N-ethyl adjacent to an activating group) is 1. The van der Waals surface area contributed by atoms with Gasteiger partial charge in [-0.15, -0.1) is 0 Å². The van der Waals surface area contributed by atoms with Gasteiger partial charge in [0.05, 0.1) is 13.2 Å². The van der Waals surface area contributed by atoms with Crippen LogP contribution in [-0.4, -0.2) is 41.9 Å². The van der Waals surface area contributed by atoms with Crippen LogP contribution < -0.4 is 10.5 Å². The Morgan fingerprint density at radius 2 is 2.10 bits per heavy atom. The maximum Gasteiger partial charge on any atom is 0.327 e. The lowest BCUT2D eigenvalue weighted by Crippen LogP contribution is -2.31. The van der Waals surface area contributed by atoms with Crippen LogP contribution in [0.4, 0.5) is 4.79 Å². The Labute approximate surface area is 124 Å². The number of carbonyl (C=O) groups is 2.